The van der Waals surface area contributed by atoms with Crippen molar-refractivity contribution in [1.82, 2.24) is 34.7 Å². The van der Waals surface area contributed by atoms with Gasteiger partial charge >= 0.3 is 0 Å². The van der Waals surface area contributed by atoms with Crippen LogP contribution in [0.1, 0.15) is 36.6 Å². The Morgan fingerprint density at radius 1 is 1.16 bits per heavy atom. The lowest BCUT2D eigenvalue weighted by Gasteiger charge is -2.34. The molecule has 0 bridgehead atoms. The summed E-state index contributed by atoms with van der Waals surface area (Å²) in [7, 11) is 0. The Morgan fingerprint density at radius 2 is 1.95 bits per heavy atom. The first-order chi connectivity index (χ1) is 18.3. The summed E-state index contributed by atoms with van der Waals surface area (Å²) >= 11 is 0. The number of halogens is 2. The number of nitro groups is 1. The van der Waals surface area contributed by atoms with E-state index in [0.29, 0.717) is 25.3 Å². The molecule has 0 saturated heterocycles. The predicted octanol–water partition coefficient (Wildman–Crippen LogP) is 3.29. The van der Waals surface area contributed by atoms with Gasteiger partial charge in [-0.1, -0.05) is 36.8 Å². The van der Waals surface area contributed by atoms with Crippen LogP contribution < -0.4 is 0 Å². The summed E-state index contributed by atoms with van der Waals surface area (Å²) in [6, 6.07) is 9.31. The molecule has 0 radical (unpaired) electrons. The molecule has 2 aromatic heterocycles. The lowest BCUT2D eigenvalue weighted by atomic mass is 9.92. The molecule has 0 amide bonds. The van der Waals surface area contributed by atoms with E-state index in [4.69, 9.17) is 0 Å². The lowest BCUT2D eigenvalue weighted by Crippen LogP contribution is -2.45. The van der Waals surface area contributed by atoms with Crippen LogP contribution in [0.5, 0.6) is 0 Å². The van der Waals surface area contributed by atoms with Crippen LogP contribution in [0.15, 0.2) is 61.3 Å². The van der Waals surface area contributed by atoms with E-state index in [0.717, 1.165) is 30.5 Å². The number of unbranched alkanes of at least 4 members (excludes halogenated alkanes) is 1. The van der Waals surface area contributed by atoms with Gasteiger partial charge in [0.15, 0.2) is 0 Å². The van der Waals surface area contributed by atoms with E-state index < -0.39 is 22.2 Å². The minimum absolute atomic E-state index is 0.00978. The third-order valence-electron chi connectivity index (χ3n) is 6.10. The third-order valence-corrected chi connectivity index (χ3v) is 6.10. The molecule has 1 atom stereocenters. The van der Waals surface area contributed by atoms with Crippen LogP contribution in [-0.4, -0.2) is 57.8 Å². The monoisotopic (exact) mass is 526 g/mol. The Morgan fingerprint density at radius 3 is 2.61 bits per heavy atom. The van der Waals surface area contributed by atoms with E-state index in [1.165, 1.54) is 35.5 Å². The number of nitro benzene ring substituents is 1. The van der Waals surface area contributed by atoms with Crippen molar-refractivity contribution >= 4 is 5.69 Å². The first-order valence-corrected chi connectivity index (χ1v) is 12.1. The maximum atomic E-state index is 14.9. The zero-order valence-corrected chi connectivity index (χ0v) is 20.8. The van der Waals surface area contributed by atoms with E-state index in [2.05, 4.69) is 20.4 Å². The minimum atomic E-state index is -1.74. The van der Waals surface area contributed by atoms with Gasteiger partial charge in [0.05, 0.1) is 29.9 Å². The summed E-state index contributed by atoms with van der Waals surface area (Å²) in [5.41, 5.74) is -0.323. The minimum Gasteiger partial charge on any atom is -0.382 e. The molecular weight excluding hydrogens is 498 g/mol. The smallest absolute Gasteiger partial charge is 0.269 e. The number of hydrogen-bond donors (Lipinski definition) is 1. The first kappa shape index (κ1) is 26.9. The molecule has 1 N–H and O–H groups in total. The Balaban J connectivity index is 1.54. The van der Waals surface area contributed by atoms with E-state index in [1.54, 1.807) is 23.0 Å². The second kappa shape index (κ2) is 12.0. The Kier molecular flexibility index (Phi) is 8.48. The van der Waals surface area contributed by atoms with Gasteiger partial charge < -0.3 is 5.11 Å². The fraction of sp³-hybridized carbons (Fsp3) is 0.360. The van der Waals surface area contributed by atoms with Crippen LogP contribution in [0, 0.1) is 21.7 Å². The third kappa shape index (κ3) is 6.81. The highest BCUT2D eigenvalue weighted by Gasteiger charge is 2.35. The maximum absolute atomic E-state index is 14.9. The average molecular weight is 527 g/mol. The second-order valence-corrected chi connectivity index (χ2v) is 9.14. The van der Waals surface area contributed by atoms with Crippen LogP contribution in [-0.2, 0) is 25.2 Å². The summed E-state index contributed by atoms with van der Waals surface area (Å²) in [5.74, 6) is -1.58. The summed E-state index contributed by atoms with van der Waals surface area (Å²) in [6.45, 7) is 3.25. The van der Waals surface area contributed by atoms with E-state index >= 15 is 0 Å². The summed E-state index contributed by atoms with van der Waals surface area (Å²) in [4.78, 5) is 16.3. The maximum Gasteiger partial charge on any atom is 0.269 e. The first-order valence-electron chi connectivity index (χ1n) is 12.1. The molecule has 0 spiro atoms. The Labute approximate surface area is 217 Å². The Bertz CT molecular complexity index is 1350. The number of aromatic nitrogens is 6. The highest BCUT2D eigenvalue weighted by molar-refractivity contribution is 5.33. The predicted molar refractivity (Wildman–Crippen MR) is 133 cm³/mol. The van der Waals surface area contributed by atoms with Gasteiger partial charge in [0.1, 0.15) is 29.9 Å². The highest BCUT2D eigenvalue weighted by atomic mass is 19.1. The van der Waals surface area contributed by atoms with Crippen LogP contribution >= 0.6 is 0 Å². The van der Waals surface area contributed by atoms with E-state index in [-0.39, 0.29) is 24.3 Å². The molecule has 38 heavy (non-hydrogen) atoms. The van der Waals surface area contributed by atoms with Gasteiger partial charge in [0, 0.05) is 36.9 Å². The molecule has 2 heterocycles. The van der Waals surface area contributed by atoms with Crippen molar-refractivity contribution in [2.45, 2.75) is 45.0 Å². The van der Waals surface area contributed by atoms with Crippen molar-refractivity contribution in [2.75, 3.05) is 13.1 Å². The van der Waals surface area contributed by atoms with Crippen LogP contribution in [0.25, 0.3) is 0 Å². The topological polar surface area (TPSA) is 128 Å². The largest absolute Gasteiger partial charge is 0.382 e. The van der Waals surface area contributed by atoms with Crippen molar-refractivity contribution < 1.29 is 18.8 Å². The SMILES string of the molecule is CCCCN(Cc1cn(Cc2ccc([N+](=O)[O-])cc2)nn1)CC(O)(Cn1cncn1)c1ccc(F)cc1F. The van der Waals surface area contributed by atoms with Gasteiger partial charge in [0.2, 0.25) is 0 Å². The number of rotatable bonds is 13. The number of nitrogens with zero attached hydrogens (tertiary/aromatic N) is 8. The lowest BCUT2D eigenvalue weighted by molar-refractivity contribution is -0.384. The van der Waals surface area contributed by atoms with Crippen molar-refractivity contribution in [1.29, 1.82) is 0 Å². The quantitative estimate of drug-likeness (QED) is 0.208. The number of hydrogen-bond acceptors (Lipinski definition) is 8. The molecule has 0 aliphatic rings. The molecule has 4 aromatic rings. The standard InChI is InChI=1S/C25H28F2N8O3/c1-2-3-10-32(13-21-14-33(31-30-21)12-19-4-7-22(8-5-19)35(37)38)15-25(36,16-34-18-28-17-29-34)23-9-6-20(26)11-24(23)27/h4-9,11,14,17-18,36H,2-3,10,12-13,15-16H2,1H3. The molecule has 0 fully saturated rings. The van der Waals surface area contributed by atoms with Gasteiger partial charge in [0.25, 0.3) is 5.69 Å². The molecule has 0 saturated carbocycles. The normalized spacial score (nSPS) is 13.1. The van der Waals surface area contributed by atoms with Gasteiger partial charge in [-0.15, -0.1) is 5.10 Å². The number of aliphatic hydroxyl groups is 1. The molecule has 1 unspecified atom stereocenters. The molecule has 0 aliphatic heterocycles. The fourth-order valence-corrected chi connectivity index (χ4v) is 4.26. The van der Waals surface area contributed by atoms with Gasteiger partial charge in [-0.05, 0) is 24.6 Å². The molecule has 200 valence electrons. The fourth-order valence-electron chi connectivity index (χ4n) is 4.26. The average Bonchev–Trinajstić information content (AvgIpc) is 3.54. The summed E-state index contributed by atoms with van der Waals surface area (Å²) < 4.78 is 31.5. The van der Waals surface area contributed by atoms with Crippen molar-refractivity contribution in [2.24, 2.45) is 0 Å². The summed E-state index contributed by atoms with van der Waals surface area (Å²) in [5, 5.41) is 35.1. The zero-order chi connectivity index (χ0) is 27.1. The summed E-state index contributed by atoms with van der Waals surface area (Å²) in [6.07, 6.45) is 6.22. The van der Waals surface area contributed by atoms with E-state index in [1.807, 2.05) is 11.8 Å². The van der Waals surface area contributed by atoms with Gasteiger partial charge in [-0.25, -0.2) is 23.1 Å². The molecule has 2 aromatic carbocycles. The second-order valence-electron chi connectivity index (χ2n) is 9.14. The number of non-ortho nitro benzene ring substituents is 1. The molecule has 11 nitrogen and oxygen atoms in total. The van der Waals surface area contributed by atoms with Crippen molar-refractivity contribution in [3.63, 3.8) is 0 Å². The number of benzene rings is 2. The van der Waals surface area contributed by atoms with Crippen molar-refractivity contribution in [3.8, 4) is 0 Å². The van der Waals surface area contributed by atoms with Gasteiger partial charge in [-0.3, -0.25) is 15.0 Å². The van der Waals surface area contributed by atoms with Crippen molar-refractivity contribution in [3.05, 3.63) is 99.9 Å². The van der Waals surface area contributed by atoms with Crippen LogP contribution in [0.4, 0.5) is 14.5 Å². The molecule has 13 heteroatoms. The van der Waals surface area contributed by atoms with E-state index in [9.17, 15) is 24.0 Å². The molecule has 0 aliphatic carbocycles. The van der Waals surface area contributed by atoms with Crippen LogP contribution in [0.2, 0.25) is 0 Å². The zero-order valence-electron chi connectivity index (χ0n) is 20.8. The molecule has 4 rings (SSSR count). The highest BCUT2D eigenvalue weighted by Crippen LogP contribution is 2.28. The van der Waals surface area contributed by atoms with Crippen LogP contribution in [0.3, 0.4) is 0 Å². The Hall–Kier alpha value is -4.10. The molecular formula is C25H28F2N8O3. The van der Waals surface area contributed by atoms with Gasteiger partial charge in [-0.2, -0.15) is 5.10 Å².